The first-order chi connectivity index (χ1) is 13.2. The number of fused-ring (bicyclic) bond motifs is 1. The maximum Gasteiger partial charge on any atom is 0.418 e. The number of aromatic nitrogens is 1. The van der Waals surface area contributed by atoms with Crippen LogP contribution in [0.15, 0.2) is 30.5 Å². The van der Waals surface area contributed by atoms with Crippen LogP contribution in [0.25, 0.3) is 10.9 Å². The highest BCUT2D eigenvalue weighted by Crippen LogP contribution is 2.38. The molecule has 152 valence electrons. The molecule has 28 heavy (non-hydrogen) atoms. The summed E-state index contributed by atoms with van der Waals surface area (Å²) in [5, 5.41) is 12.3. The molecule has 1 unspecified atom stereocenters. The number of rotatable bonds is 4. The van der Waals surface area contributed by atoms with Gasteiger partial charge in [0.05, 0.1) is 17.7 Å². The molecule has 6 nitrogen and oxygen atoms in total. The normalized spacial score (nSPS) is 21.6. The highest BCUT2D eigenvalue weighted by atomic mass is 19.4. The molecular weight excluding hydrogens is 373 g/mol. The van der Waals surface area contributed by atoms with Gasteiger partial charge in [0.1, 0.15) is 6.04 Å². The number of aliphatic hydroxyl groups is 1. The Bertz CT molecular complexity index is 859. The monoisotopic (exact) mass is 396 g/mol. The number of aliphatic hydroxyl groups excluding tert-OH is 1. The molecule has 2 aromatic rings. The Morgan fingerprint density at radius 2 is 2.14 bits per heavy atom. The van der Waals surface area contributed by atoms with Crippen LogP contribution < -0.4 is 16.0 Å². The van der Waals surface area contributed by atoms with E-state index in [-0.39, 0.29) is 17.5 Å². The van der Waals surface area contributed by atoms with Gasteiger partial charge in [-0.15, -0.1) is 0 Å². The second-order valence-corrected chi connectivity index (χ2v) is 7.27. The van der Waals surface area contributed by atoms with E-state index < -0.39 is 30.3 Å². The van der Waals surface area contributed by atoms with Crippen molar-refractivity contribution >= 4 is 22.5 Å². The molecule has 1 aliphatic rings. The van der Waals surface area contributed by atoms with E-state index in [1.165, 1.54) is 12.3 Å². The standard InChI is InChI=1S/C19H23F3N4O2/c1-11-7-12(25-18(28)15(23)10-27)9-26(8-11)16-5-4-14(19(20,21)22)17-13(16)3-2-6-24-17/h2-6,11-12,15,27H,7-10,23H2,1H3,(H,25,28)/t11-,12?,15-/m0/s1. The maximum absolute atomic E-state index is 13.3. The SMILES string of the molecule is C[C@H]1CC(NC(=O)[C@@H](N)CO)CN(c2ccc(C(F)(F)F)c3ncccc23)C1. The van der Waals surface area contributed by atoms with Crippen molar-refractivity contribution in [3.63, 3.8) is 0 Å². The number of carbonyl (C=O) groups excluding carboxylic acids is 1. The van der Waals surface area contributed by atoms with Gasteiger partial charge in [-0.05, 0) is 36.6 Å². The van der Waals surface area contributed by atoms with Crippen molar-refractivity contribution in [3.8, 4) is 0 Å². The first kappa shape index (κ1) is 20.3. The lowest BCUT2D eigenvalue weighted by atomic mass is 9.94. The van der Waals surface area contributed by atoms with E-state index >= 15 is 0 Å². The van der Waals surface area contributed by atoms with Gasteiger partial charge in [0, 0.05) is 36.4 Å². The molecule has 3 atom stereocenters. The maximum atomic E-state index is 13.3. The number of nitrogens with one attached hydrogen (secondary N) is 1. The van der Waals surface area contributed by atoms with Gasteiger partial charge in [-0.2, -0.15) is 13.2 Å². The van der Waals surface area contributed by atoms with Gasteiger partial charge in [0.25, 0.3) is 0 Å². The first-order valence-electron chi connectivity index (χ1n) is 9.07. The zero-order chi connectivity index (χ0) is 20.5. The van der Waals surface area contributed by atoms with Crippen LogP contribution in [0, 0.1) is 5.92 Å². The van der Waals surface area contributed by atoms with Gasteiger partial charge in [0.2, 0.25) is 5.91 Å². The topological polar surface area (TPSA) is 91.5 Å². The third kappa shape index (κ3) is 4.20. The number of pyridine rings is 1. The van der Waals surface area contributed by atoms with E-state index in [0.29, 0.717) is 24.2 Å². The molecule has 1 aromatic carbocycles. The Morgan fingerprint density at radius 3 is 2.82 bits per heavy atom. The van der Waals surface area contributed by atoms with E-state index in [4.69, 9.17) is 10.8 Å². The van der Waals surface area contributed by atoms with E-state index in [0.717, 1.165) is 12.5 Å². The number of nitrogens with zero attached hydrogens (tertiary/aromatic N) is 2. The summed E-state index contributed by atoms with van der Waals surface area (Å²) in [7, 11) is 0. The number of alkyl halides is 3. The summed E-state index contributed by atoms with van der Waals surface area (Å²) in [6.07, 6.45) is -2.42. The molecule has 1 amide bonds. The zero-order valence-corrected chi connectivity index (χ0v) is 15.4. The molecule has 0 radical (unpaired) electrons. The summed E-state index contributed by atoms with van der Waals surface area (Å²) in [5.74, 6) is -0.237. The van der Waals surface area contributed by atoms with E-state index in [9.17, 15) is 18.0 Å². The zero-order valence-electron chi connectivity index (χ0n) is 15.4. The molecule has 2 heterocycles. The van der Waals surface area contributed by atoms with Crippen LogP contribution in [0.1, 0.15) is 18.9 Å². The lowest BCUT2D eigenvalue weighted by Gasteiger charge is -2.39. The lowest BCUT2D eigenvalue weighted by molar-refractivity contribution is -0.136. The Kier molecular flexibility index (Phi) is 5.76. The number of amides is 1. The quantitative estimate of drug-likeness (QED) is 0.734. The van der Waals surface area contributed by atoms with Gasteiger partial charge in [-0.3, -0.25) is 9.78 Å². The minimum absolute atomic E-state index is 0.0892. The molecule has 1 aliphatic heterocycles. The smallest absolute Gasteiger partial charge is 0.394 e. The second kappa shape index (κ2) is 7.92. The minimum Gasteiger partial charge on any atom is -0.394 e. The van der Waals surface area contributed by atoms with Gasteiger partial charge >= 0.3 is 6.18 Å². The second-order valence-electron chi connectivity index (χ2n) is 7.27. The van der Waals surface area contributed by atoms with E-state index in [2.05, 4.69) is 10.3 Å². The van der Waals surface area contributed by atoms with Crippen molar-refractivity contribution in [2.24, 2.45) is 11.7 Å². The summed E-state index contributed by atoms with van der Waals surface area (Å²) < 4.78 is 40.0. The Hall–Kier alpha value is -2.39. The van der Waals surface area contributed by atoms with Crippen LogP contribution in [-0.2, 0) is 11.0 Å². The molecular formula is C19H23F3N4O2. The number of anilines is 1. The van der Waals surface area contributed by atoms with Gasteiger partial charge in [0.15, 0.2) is 0 Å². The van der Waals surface area contributed by atoms with Crippen LogP contribution in [0.2, 0.25) is 0 Å². The first-order valence-corrected chi connectivity index (χ1v) is 9.07. The van der Waals surface area contributed by atoms with Crippen LogP contribution in [0.5, 0.6) is 0 Å². The van der Waals surface area contributed by atoms with Crippen LogP contribution in [0.3, 0.4) is 0 Å². The van der Waals surface area contributed by atoms with Gasteiger partial charge in [-0.25, -0.2) is 0 Å². The summed E-state index contributed by atoms with van der Waals surface area (Å²) in [4.78, 5) is 17.9. The Labute approximate surface area is 160 Å². The van der Waals surface area contributed by atoms with Gasteiger partial charge in [-0.1, -0.05) is 6.92 Å². The predicted molar refractivity (Wildman–Crippen MR) is 99.7 cm³/mol. The molecule has 0 aliphatic carbocycles. The van der Waals surface area contributed by atoms with Gasteiger partial charge < -0.3 is 21.1 Å². The average Bonchev–Trinajstić information content (AvgIpc) is 2.65. The number of hydrogen-bond acceptors (Lipinski definition) is 5. The number of carbonyl (C=O) groups is 1. The number of benzene rings is 1. The molecule has 0 spiro atoms. The van der Waals surface area contributed by atoms with Crippen molar-refractivity contribution < 1.29 is 23.1 Å². The predicted octanol–water partition coefficient (Wildman–Crippen LogP) is 1.90. The Balaban J connectivity index is 1.92. The molecule has 1 saturated heterocycles. The number of piperidine rings is 1. The molecule has 0 bridgehead atoms. The van der Waals surface area contributed by atoms with Crippen LogP contribution >= 0.6 is 0 Å². The molecule has 0 saturated carbocycles. The van der Waals surface area contributed by atoms with Crippen molar-refractivity contribution in [1.29, 1.82) is 0 Å². The van der Waals surface area contributed by atoms with Crippen LogP contribution in [-0.4, -0.2) is 47.8 Å². The summed E-state index contributed by atoms with van der Waals surface area (Å²) in [6.45, 7) is 2.65. The number of halogens is 3. The van der Waals surface area contributed by atoms with Crippen molar-refractivity contribution in [2.75, 3.05) is 24.6 Å². The lowest BCUT2D eigenvalue weighted by Crippen LogP contribution is -2.54. The van der Waals surface area contributed by atoms with Crippen molar-refractivity contribution in [1.82, 2.24) is 10.3 Å². The fraction of sp³-hybridized carbons (Fsp3) is 0.474. The largest absolute Gasteiger partial charge is 0.418 e. The molecule has 1 aromatic heterocycles. The number of nitrogens with two attached hydrogens (primary N) is 1. The van der Waals surface area contributed by atoms with E-state index in [1.54, 1.807) is 12.1 Å². The molecule has 4 N–H and O–H groups in total. The van der Waals surface area contributed by atoms with E-state index in [1.807, 2.05) is 11.8 Å². The molecule has 1 fully saturated rings. The highest BCUT2D eigenvalue weighted by molar-refractivity contribution is 5.94. The molecule has 3 rings (SSSR count). The highest BCUT2D eigenvalue weighted by Gasteiger charge is 2.35. The summed E-state index contributed by atoms with van der Waals surface area (Å²) in [5.41, 5.74) is 5.34. The third-order valence-electron chi connectivity index (χ3n) is 4.93. The third-order valence-corrected chi connectivity index (χ3v) is 4.93. The van der Waals surface area contributed by atoms with Crippen molar-refractivity contribution in [3.05, 3.63) is 36.0 Å². The average molecular weight is 396 g/mol. The Morgan fingerprint density at radius 1 is 1.39 bits per heavy atom. The van der Waals surface area contributed by atoms with Crippen molar-refractivity contribution in [2.45, 2.75) is 31.6 Å². The summed E-state index contributed by atoms with van der Waals surface area (Å²) in [6, 6.07) is 4.53. The number of hydrogen-bond donors (Lipinski definition) is 3. The van der Waals surface area contributed by atoms with Crippen LogP contribution in [0.4, 0.5) is 18.9 Å². The fourth-order valence-electron chi connectivity index (χ4n) is 3.71. The molecule has 9 heteroatoms. The fourth-order valence-corrected chi connectivity index (χ4v) is 3.71. The minimum atomic E-state index is -4.49. The summed E-state index contributed by atoms with van der Waals surface area (Å²) >= 11 is 0.